The van der Waals surface area contributed by atoms with Gasteiger partial charge in [-0.25, -0.2) is 0 Å². The molecule has 8 heteroatoms. The lowest BCUT2D eigenvalue weighted by Gasteiger charge is -2.13. The Morgan fingerprint density at radius 1 is 1.06 bits per heavy atom. The predicted molar refractivity (Wildman–Crippen MR) is 137 cm³/mol. The maximum atomic E-state index is 12.9. The van der Waals surface area contributed by atoms with Gasteiger partial charge in [0.25, 0.3) is 11.1 Å². The third-order valence-electron chi connectivity index (χ3n) is 4.99. The molecule has 1 heterocycles. The first kappa shape index (κ1) is 23.8. The number of nitrogens with one attached hydrogen (secondary N) is 1. The van der Waals surface area contributed by atoms with E-state index >= 15 is 0 Å². The summed E-state index contributed by atoms with van der Waals surface area (Å²) >= 11 is 4.22. The van der Waals surface area contributed by atoms with Crippen LogP contribution in [0.1, 0.15) is 16.7 Å². The molecule has 0 bridgehead atoms. The molecule has 3 amide bonds. The molecule has 1 aliphatic rings. The van der Waals surface area contributed by atoms with E-state index in [1.165, 1.54) is 0 Å². The monoisotopic (exact) mass is 536 g/mol. The standard InChI is InChI=1S/C26H21BrN2O4S/c1-17-5-4-7-21(13-17)28-24(30)15-29-25(31)23(34-26(29)32)14-19-6-2-3-8-22(19)33-16-18-9-11-20(27)12-10-18/h2-14H,15-16H2,1H3,(H,28,30)/b23-14-. The predicted octanol–water partition coefficient (Wildman–Crippen LogP) is 6.01. The van der Waals surface area contributed by atoms with Gasteiger partial charge in [-0.2, -0.15) is 0 Å². The molecule has 4 rings (SSSR count). The van der Waals surface area contributed by atoms with Crippen LogP contribution in [0.2, 0.25) is 0 Å². The number of para-hydroxylation sites is 1. The lowest BCUT2D eigenvalue weighted by atomic mass is 10.1. The summed E-state index contributed by atoms with van der Waals surface area (Å²) in [5.41, 5.74) is 3.28. The van der Waals surface area contributed by atoms with Gasteiger partial charge in [-0.3, -0.25) is 19.3 Å². The van der Waals surface area contributed by atoms with Gasteiger partial charge in [0.1, 0.15) is 18.9 Å². The third kappa shape index (κ3) is 5.95. The number of benzene rings is 3. The minimum atomic E-state index is -0.503. The van der Waals surface area contributed by atoms with Gasteiger partial charge < -0.3 is 10.1 Å². The number of thioether (sulfide) groups is 1. The van der Waals surface area contributed by atoms with Crippen LogP contribution in [0.5, 0.6) is 5.75 Å². The van der Waals surface area contributed by atoms with Crippen molar-refractivity contribution in [1.82, 2.24) is 4.90 Å². The van der Waals surface area contributed by atoms with Crippen molar-refractivity contribution >= 4 is 56.5 Å². The summed E-state index contributed by atoms with van der Waals surface area (Å²) in [5, 5.41) is 2.24. The molecule has 1 N–H and O–H groups in total. The zero-order valence-corrected chi connectivity index (χ0v) is 20.7. The number of hydrogen-bond acceptors (Lipinski definition) is 5. The Labute approximate surface area is 210 Å². The van der Waals surface area contributed by atoms with Crippen LogP contribution in [0.15, 0.2) is 82.2 Å². The Morgan fingerprint density at radius 3 is 2.59 bits per heavy atom. The zero-order valence-electron chi connectivity index (χ0n) is 18.3. The molecule has 1 aliphatic heterocycles. The van der Waals surface area contributed by atoms with E-state index in [0.717, 1.165) is 32.3 Å². The second-order valence-corrected chi connectivity index (χ2v) is 9.55. The topological polar surface area (TPSA) is 75.7 Å². The highest BCUT2D eigenvalue weighted by atomic mass is 79.9. The Hall–Kier alpha value is -3.36. The fourth-order valence-corrected chi connectivity index (χ4v) is 4.41. The summed E-state index contributed by atoms with van der Waals surface area (Å²) in [5.74, 6) is -0.348. The highest BCUT2D eigenvalue weighted by Crippen LogP contribution is 2.34. The van der Waals surface area contributed by atoms with Gasteiger partial charge in [0.15, 0.2) is 0 Å². The Balaban J connectivity index is 1.44. The van der Waals surface area contributed by atoms with E-state index in [4.69, 9.17) is 4.74 Å². The molecular formula is C26H21BrN2O4S. The van der Waals surface area contributed by atoms with Gasteiger partial charge in [0.2, 0.25) is 5.91 Å². The number of imide groups is 1. The van der Waals surface area contributed by atoms with Crippen molar-refractivity contribution in [1.29, 1.82) is 0 Å². The number of carbonyl (C=O) groups is 3. The number of aryl methyl sites for hydroxylation is 1. The molecule has 0 aromatic heterocycles. The van der Waals surface area contributed by atoms with Crippen molar-refractivity contribution in [3.05, 3.63) is 98.9 Å². The molecule has 0 atom stereocenters. The lowest BCUT2D eigenvalue weighted by molar-refractivity contribution is -0.127. The van der Waals surface area contributed by atoms with Crippen LogP contribution < -0.4 is 10.1 Å². The molecule has 3 aromatic carbocycles. The number of amides is 3. The second-order valence-electron chi connectivity index (χ2n) is 7.64. The maximum Gasteiger partial charge on any atom is 0.294 e. The van der Waals surface area contributed by atoms with Crippen LogP contribution in [-0.2, 0) is 16.2 Å². The van der Waals surface area contributed by atoms with Gasteiger partial charge in [-0.1, -0.05) is 58.4 Å². The summed E-state index contributed by atoms with van der Waals surface area (Å²) in [6.45, 7) is 1.92. The van der Waals surface area contributed by atoms with E-state index in [2.05, 4.69) is 21.2 Å². The Morgan fingerprint density at radius 2 is 1.82 bits per heavy atom. The maximum absolute atomic E-state index is 12.9. The van der Waals surface area contributed by atoms with Crippen LogP contribution in [0.4, 0.5) is 10.5 Å². The molecule has 34 heavy (non-hydrogen) atoms. The molecule has 3 aromatic rings. The van der Waals surface area contributed by atoms with Crippen LogP contribution in [0.25, 0.3) is 6.08 Å². The minimum Gasteiger partial charge on any atom is -0.488 e. The van der Waals surface area contributed by atoms with Crippen molar-refractivity contribution in [3.8, 4) is 5.75 Å². The van der Waals surface area contributed by atoms with Gasteiger partial charge in [-0.05, 0) is 66.2 Å². The number of ether oxygens (including phenoxy) is 1. The number of hydrogen-bond donors (Lipinski definition) is 1. The SMILES string of the molecule is Cc1cccc(NC(=O)CN2C(=O)S/C(=C\c3ccccc3OCc3ccc(Br)cc3)C2=O)c1. The first-order chi connectivity index (χ1) is 16.4. The Kier molecular flexibility index (Phi) is 7.49. The number of anilines is 1. The number of carbonyl (C=O) groups excluding carboxylic acids is 3. The Bertz CT molecular complexity index is 1270. The molecule has 1 fully saturated rings. The van der Waals surface area contributed by atoms with Crippen molar-refractivity contribution in [2.45, 2.75) is 13.5 Å². The van der Waals surface area contributed by atoms with Crippen LogP contribution in [-0.4, -0.2) is 28.5 Å². The molecule has 0 saturated carbocycles. The summed E-state index contributed by atoms with van der Waals surface area (Å²) in [7, 11) is 0. The molecule has 0 spiro atoms. The fourth-order valence-electron chi connectivity index (χ4n) is 3.32. The summed E-state index contributed by atoms with van der Waals surface area (Å²) in [6.07, 6.45) is 1.63. The lowest BCUT2D eigenvalue weighted by Crippen LogP contribution is -2.36. The van der Waals surface area contributed by atoms with E-state index < -0.39 is 17.1 Å². The van der Waals surface area contributed by atoms with Gasteiger partial charge in [0, 0.05) is 15.7 Å². The van der Waals surface area contributed by atoms with E-state index in [0.29, 0.717) is 23.6 Å². The first-order valence-corrected chi connectivity index (χ1v) is 12.1. The van der Waals surface area contributed by atoms with Gasteiger partial charge in [-0.15, -0.1) is 0 Å². The highest BCUT2D eigenvalue weighted by Gasteiger charge is 2.36. The average molecular weight is 537 g/mol. The summed E-state index contributed by atoms with van der Waals surface area (Å²) in [6, 6.07) is 22.4. The largest absolute Gasteiger partial charge is 0.488 e. The van der Waals surface area contributed by atoms with Crippen molar-refractivity contribution in [3.63, 3.8) is 0 Å². The van der Waals surface area contributed by atoms with E-state index in [1.807, 2.05) is 73.7 Å². The van der Waals surface area contributed by atoms with Crippen LogP contribution in [0.3, 0.4) is 0 Å². The van der Waals surface area contributed by atoms with E-state index in [-0.39, 0.29) is 11.4 Å². The summed E-state index contributed by atoms with van der Waals surface area (Å²) in [4.78, 5) is 39.0. The molecule has 0 unspecified atom stereocenters. The van der Waals surface area contributed by atoms with Crippen molar-refractivity contribution < 1.29 is 19.1 Å². The number of nitrogens with zero attached hydrogens (tertiary/aromatic N) is 1. The normalized spacial score (nSPS) is 14.5. The van der Waals surface area contributed by atoms with Crippen molar-refractivity contribution in [2.24, 2.45) is 0 Å². The molecule has 172 valence electrons. The van der Waals surface area contributed by atoms with E-state index in [1.54, 1.807) is 12.1 Å². The minimum absolute atomic E-state index is 0.244. The van der Waals surface area contributed by atoms with Crippen LogP contribution >= 0.6 is 27.7 Å². The summed E-state index contributed by atoms with van der Waals surface area (Å²) < 4.78 is 6.95. The second kappa shape index (κ2) is 10.7. The quantitative estimate of drug-likeness (QED) is 0.374. The molecule has 6 nitrogen and oxygen atoms in total. The molecule has 0 aliphatic carbocycles. The van der Waals surface area contributed by atoms with Crippen molar-refractivity contribution in [2.75, 3.05) is 11.9 Å². The molecular weight excluding hydrogens is 516 g/mol. The van der Waals surface area contributed by atoms with Gasteiger partial charge >= 0.3 is 0 Å². The number of halogens is 1. The first-order valence-electron chi connectivity index (χ1n) is 10.5. The van der Waals surface area contributed by atoms with E-state index in [9.17, 15) is 14.4 Å². The fraction of sp³-hybridized carbons (Fsp3) is 0.115. The smallest absolute Gasteiger partial charge is 0.294 e. The number of rotatable bonds is 7. The third-order valence-corrected chi connectivity index (χ3v) is 6.43. The molecule has 1 saturated heterocycles. The van der Waals surface area contributed by atoms with Crippen LogP contribution in [0, 0.1) is 6.92 Å². The molecule has 0 radical (unpaired) electrons. The van der Waals surface area contributed by atoms with Gasteiger partial charge in [0.05, 0.1) is 4.91 Å². The highest BCUT2D eigenvalue weighted by molar-refractivity contribution is 9.10. The average Bonchev–Trinajstić information content (AvgIpc) is 3.07. The zero-order chi connectivity index (χ0) is 24.1.